The van der Waals surface area contributed by atoms with Crippen molar-refractivity contribution in [2.24, 2.45) is 0 Å². The zero-order valence-corrected chi connectivity index (χ0v) is 10.7. The van der Waals surface area contributed by atoms with Crippen LogP contribution in [0.1, 0.15) is 6.92 Å². The van der Waals surface area contributed by atoms with E-state index in [0.717, 1.165) is 11.4 Å². The van der Waals surface area contributed by atoms with E-state index >= 15 is 0 Å². The van der Waals surface area contributed by atoms with Gasteiger partial charge in [-0.05, 0) is 19.1 Å². The zero-order chi connectivity index (χ0) is 12.3. The summed E-state index contributed by atoms with van der Waals surface area (Å²) in [6, 6.07) is 7.76. The molecule has 0 bridgehead atoms. The normalized spacial score (nSPS) is 19.0. The Hall–Kier alpha value is -1.23. The number of ether oxygens (including phenoxy) is 1. The Kier molecular flexibility index (Phi) is 3.57. The highest BCUT2D eigenvalue weighted by molar-refractivity contribution is 7.91. The maximum Gasteiger partial charge on any atom is 0.153 e. The van der Waals surface area contributed by atoms with Gasteiger partial charge in [0.2, 0.25) is 0 Å². The van der Waals surface area contributed by atoms with Crippen molar-refractivity contribution in [1.82, 2.24) is 0 Å². The molecule has 5 heteroatoms. The maximum atomic E-state index is 11.4. The van der Waals surface area contributed by atoms with E-state index in [0.29, 0.717) is 19.7 Å². The lowest BCUT2D eigenvalue weighted by molar-refractivity contribution is 0.340. The summed E-state index contributed by atoms with van der Waals surface area (Å²) in [7, 11) is -2.83. The summed E-state index contributed by atoms with van der Waals surface area (Å²) in [5.41, 5.74) is 0.990. The topological polar surface area (TPSA) is 46.6 Å². The maximum absolute atomic E-state index is 11.4. The van der Waals surface area contributed by atoms with Crippen LogP contribution in [-0.2, 0) is 9.84 Å². The smallest absolute Gasteiger partial charge is 0.153 e. The Balaban J connectivity index is 2.18. The first-order valence-corrected chi connectivity index (χ1v) is 7.62. The quantitative estimate of drug-likeness (QED) is 0.817. The van der Waals surface area contributed by atoms with Gasteiger partial charge in [-0.25, -0.2) is 8.42 Å². The van der Waals surface area contributed by atoms with E-state index in [2.05, 4.69) is 4.90 Å². The molecule has 0 atom stereocenters. The van der Waals surface area contributed by atoms with Gasteiger partial charge >= 0.3 is 0 Å². The van der Waals surface area contributed by atoms with Gasteiger partial charge < -0.3 is 9.64 Å². The van der Waals surface area contributed by atoms with E-state index in [4.69, 9.17) is 4.74 Å². The average molecular weight is 255 g/mol. The second-order valence-corrected chi connectivity index (χ2v) is 6.34. The second-order valence-electron chi connectivity index (χ2n) is 4.04. The first kappa shape index (κ1) is 12.2. The number of nitrogens with zero attached hydrogens (tertiary/aromatic N) is 1. The number of hydrogen-bond acceptors (Lipinski definition) is 4. The molecule has 0 saturated carbocycles. The molecule has 0 aromatic heterocycles. The lowest BCUT2D eigenvalue weighted by atomic mass is 10.2. The van der Waals surface area contributed by atoms with Crippen LogP contribution >= 0.6 is 0 Å². The van der Waals surface area contributed by atoms with Crippen molar-refractivity contribution in [3.05, 3.63) is 24.3 Å². The van der Waals surface area contributed by atoms with Crippen molar-refractivity contribution in [2.75, 3.05) is 36.1 Å². The lowest BCUT2D eigenvalue weighted by Gasteiger charge is -2.30. The predicted octanol–water partition coefficient (Wildman–Crippen LogP) is 1.32. The van der Waals surface area contributed by atoms with E-state index in [-0.39, 0.29) is 11.5 Å². The van der Waals surface area contributed by atoms with Crippen LogP contribution in [0.4, 0.5) is 5.69 Å². The molecule has 0 N–H and O–H groups in total. The summed E-state index contributed by atoms with van der Waals surface area (Å²) < 4.78 is 28.3. The van der Waals surface area contributed by atoms with Crippen molar-refractivity contribution in [2.45, 2.75) is 6.92 Å². The Labute approximate surface area is 102 Å². The van der Waals surface area contributed by atoms with Crippen molar-refractivity contribution in [3.63, 3.8) is 0 Å². The van der Waals surface area contributed by atoms with Crippen LogP contribution in [0.3, 0.4) is 0 Å². The monoisotopic (exact) mass is 255 g/mol. The zero-order valence-electron chi connectivity index (χ0n) is 9.93. The Bertz CT molecular complexity index is 470. The molecule has 4 nitrogen and oxygen atoms in total. The summed E-state index contributed by atoms with van der Waals surface area (Å²) >= 11 is 0. The summed E-state index contributed by atoms with van der Waals surface area (Å²) in [6.07, 6.45) is 0. The summed E-state index contributed by atoms with van der Waals surface area (Å²) in [6.45, 7) is 3.65. The molecule has 1 saturated heterocycles. The largest absolute Gasteiger partial charge is 0.492 e. The van der Waals surface area contributed by atoms with Crippen molar-refractivity contribution >= 4 is 15.5 Å². The van der Waals surface area contributed by atoms with Gasteiger partial charge in [-0.15, -0.1) is 0 Å². The molecule has 1 aromatic rings. The SMILES string of the molecule is CCOc1ccccc1N1CCS(=O)(=O)CC1. The highest BCUT2D eigenvalue weighted by Crippen LogP contribution is 2.28. The van der Waals surface area contributed by atoms with Crippen LogP contribution in [0, 0.1) is 0 Å². The van der Waals surface area contributed by atoms with E-state index in [1.807, 2.05) is 31.2 Å². The second kappa shape index (κ2) is 4.96. The van der Waals surface area contributed by atoms with Crippen LogP contribution in [0.5, 0.6) is 5.75 Å². The first-order valence-electron chi connectivity index (χ1n) is 5.79. The molecule has 0 spiro atoms. The summed E-state index contributed by atoms with van der Waals surface area (Å²) in [4.78, 5) is 2.08. The van der Waals surface area contributed by atoms with Gasteiger partial charge in [0, 0.05) is 13.1 Å². The minimum Gasteiger partial charge on any atom is -0.492 e. The number of sulfone groups is 1. The Morgan fingerprint density at radius 2 is 1.88 bits per heavy atom. The van der Waals surface area contributed by atoms with Crippen molar-refractivity contribution < 1.29 is 13.2 Å². The minimum absolute atomic E-state index is 0.230. The fourth-order valence-electron chi connectivity index (χ4n) is 1.95. The predicted molar refractivity (Wildman–Crippen MR) is 68.5 cm³/mol. The molecule has 0 unspecified atom stereocenters. The number of rotatable bonds is 3. The third-order valence-corrected chi connectivity index (χ3v) is 4.46. The van der Waals surface area contributed by atoms with Crippen LogP contribution < -0.4 is 9.64 Å². The summed E-state index contributed by atoms with van der Waals surface area (Å²) in [5.74, 6) is 1.29. The molecule has 0 aliphatic carbocycles. The number of benzene rings is 1. The van der Waals surface area contributed by atoms with E-state index in [1.54, 1.807) is 0 Å². The van der Waals surface area contributed by atoms with Crippen LogP contribution in [0.25, 0.3) is 0 Å². The van der Waals surface area contributed by atoms with Gasteiger partial charge in [0.25, 0.3) is 0 Å². The van der Waals surface area contributed by atoms with Gasteiger partial charge in [0.1, 0.15) is 5.75 Å². The van der Waals surface area contributed by atoms with Gasteiger partial charge in [0.05, 0.1) is 23.8 Å². The molecule has 1 fully saturated rings. The highest BCUT2D eigenvalue weighted by atomic mass is 32.2. The number of para-hydroxylation sites is 2. The number of hydrogen-bond donors (Lipinski definition) is 0. The Morgan fingerprint density at radius 3 is 2.53 bits per heavy atom. The molecule has 2 rings (SSSR count). The molecule has 1 aromatic carbocycles. The van der Waals surface area contributed by atoms with Gasteiger partial charge in [-0.2, -0.15) is 0 Å². The van der Waals surface area contributed by atoms with Gasteiger partial charge in [0.15, 0.2) is 9.84 Å². The van der Waals surface area contributed by atoms with Gasteiger partial charge in [-0.3, -0.25) is 0 Å². The first-order chi connectivity index (χ1) is 8.12. The number of anilines is 1. The average Bonchev–Trinajstić information content (AvgIpc) is 2.31. The van der Waals surface area contributed by atoms with Crippen molar-refractivity contribution in [3.8, 4) is 5.75 Å². The fraction of sp³-hybridized carbons (Fsp3) is 0.500. The van der Waals surface area contributed by atoms with Crippen LogP contribution in [0.15, 0.2) is 24.3 Å². The standard InChI is InChI=1S/C12H17NO3S/c1-2-16-12-6-4-3-5-11(12)13-7-9-17(14,15)10-8-13/h3-6H,2,7-10H2,1H3. The highest BCUT2D eigenvalue weighted by Gasteiger charge is 2.23. The van der Waals surface area contributed by atoms with Crippen LogP contribution in [0.2, 0.25) is 0 Å². The molecule has 94 valence electrons. The van der Waals surface area contributed by atoms with E-state index < -0.39 is 9.84 Å². The molecule has 1 heterocycles. The van der Waals surface area contributed by atoms with Gasteiger partial charge in [-0.1, -0.05) is 12.1 Å². The van der Waals surface area contributed by atoms with E-state index in [1.165, 1.54) is 0 Å². The van der Waals surface area contributed by atoms with Crippen LogP contribution in [-0.4, -0.2) is 39.6 Å². The summed E-state index contributed by atoms with van der Waals surface area (Å²) in [5, 5.41) is 0. The molecule has 17 heavy (non-hydrogen) atoms. The molecular formula is C12H17NO3S. The van der Waals surface area contributed by atoms with Crippen molar-refractivity contribution in [1.29, 1.82) is 0 Å². The Morgan fingerprint density at radius 1 is 1.24 bits per heavy atom. The van der Waals surface area contributed by atoms with E-state index in [9.17, 15) is 8.42 Å². The fourth-order valence-corrected chi connectivity index (χ4v) is 3.15. The molecule has 0 radical (unpaired) electrons. The molecule has 1 aliphatic rings. The third kappa shape index (κ3) is 2.91. The minimum atomic E-state index is -2.83. The molecule has 0 amide bonds. The molecule has 1 aliphatic heterocycles. The third-order valence-electron chi connectivity index (χ3n) is 2.85. The lowest BCUT2D eigenvalue weighted by Crippen LogP contribution is -2.40. The molecular weight excluding hydrogens is 238 g/mol.